The van der Waals surface area contributed by atoms with Gasteiger partial charge in [0.1, 0.15) is 17.2 Å². The Bertz CT molecular complexity index is 1200. The molecule has 1 amide bonds. The Morgan fingerprint density at radius 2 is 1.91 bits per heavy atom. The van der Waals surface area contributed by atoms with Gasteiger partial charge in [0.2, 0.25) is 0 Å². The number of alkyl carbamates (subject to hydrolysis) is 1. The van der Waals surface area contributed by atoms with Crippen LogP contribution in [0, 0.1) is 0 Å². The lowest BCUT2D eigenvalue weighted by Gasteiger charge is -2.31. The van der Waals surface area contributed by atoms with Gasteiger partial charge in [0.05, 0.1) is 11.0 Å². The first-order chi connectivity index (χ1) is 16.6. The first-order valence-corrected chi connectivity index (χ1v) is 12.8. The van der Waals surface area contributed by atoms with Gasteiger partial charge in [-0.25, -0.2) is 28.5 Å². The number of thioether (sulfide) groups is 1. The molecule has 2 atom stereocenters. The number of nitrogens with zero attached hydrogens (tertiary/aromatic N) is 4. The van der Waals surface area contributed by atoms with E-state index in [0.717, 1.165) is 19.3 Å². The second kappa shape index (κ2) is 10.3. The quantitative estimate of drug-likeness (QED) is 0.327. The zero-order valence-corrected chi connectivity index (χ0v) is 21.0. The first kappa shape index (κ1) is 25.2. The standard InChI is InChI=1S/C24H30F2N6O2S/c1-24(2,3)34-23(33)28-15-9-7-8-14(12-15)27-18-13-19(31-22(30-18)35-4)32-17-11-6-5-10-16(17)29-21(32)20(25)26/h5-6,10-11,13-15,20H,7-9,12H2,1-4H3,(H,28,33)(H,27,30,31)/t14-,15+/m0/s1. The first-order valence-electron chi connectivity index (χ1n) is 11.6. The number of imidazole rings is 1. The molecule has 2 N–H and O–H groups in total. The van der Waals surface area contributed by atoms with Crippen LogP contribution in [0.5, 0.6) is 0 Å². The summed E-state index contributed by atoms with van der Waals surface area (Å²) in [6, 6.07) is 8.69. The van der Waals surface area contributed by atoms with Gasteiger partial charge in [-0.2, -0.15) is 0 Å². The molecule has 0 unspecified atom stereocenters. The number of alkyl halides is 2. The zero-order chi connectivity index (χ0) is 25.2. The lowest BCUT2D eigenvalue weighted by Crippen LogP contribution is -2.44. The Labute approximate surface area is 207 Å². The number of fused-ring (bicyclic) bond motifs is 1. The molecule has 4 rings (SSSR count). The molecule has 2 heterocycles. The third kappa shape index (κ3) is 6.19. The summed E-state index contributed by atoms with van der Waals surface area (Å²) in [7, 11) is 0. The van der Waals surface area contributed by atoms with Crippen molar-refractivity contribution in [2.45, 2.75) is 75.7 Å². The molecule has 1 fully saturated rings. The van der Waals surface area contributed by atoms with Gasteiger partial charge in [-0.1, -0.05) is 23.9 Å². The number of para-hydroxylation sites is 2. The zero-order valence-electron chi connectivity index (χ0n) is 20.2. The number of carbonyl (C=O) groups is 1. The number of halogens is 2. The summed E-state index contributed by atoms with van der Waals surface area (Å²) < 4.78 is 34.5. The maximum Gasteiger partial charge on any atom is 0.407 e. The molecule has 0 bridgehead atoms. The van der Waals surface area contributed by atoms with Crippen molar-refractivity contribution in [3.05, 3.63) is 36.2 Å². The molecule has 1 aliphatic rings. The molecule has 0 radical (unpaired) electrons. The van der Waals surface area contributed by atoms with Crippen LogP contribution in [0.3, 0.4) is 0 Å². The topological polar surface area (TPSA) is 94.0 Å². The van der Waals surface area contributed by atoms with Crippen molar-refractivity contribution >= 4 is 34.7 Å². The second-order valence-electron chi connectivity index (χ2n) is 9.54. The Balaban J connectivity index is 1.57. The fourth-order valence-electron chi connectivity index (χ4n) is 4.26. The van der Waals surface area contributed by atoms with E-state index in [4.69, 9.17) is 4.74 Å². The smallest absolute Gasteiger partial charge is 0.407 e. The van der Waals surface area contributed by atoms with Gasteiger partial charge in [-0.3, -0.25) is 4.57 Å². The van der Waals surface area contributed by atoms with Crippen LogP contribution in [0.25, 0.3) is 16.9 Å². The Hall–Kier alpha value is -2.95. The van der Waals surface area contributed by atoms with Crippen molar-refractivity contribution in [3.63, 3.8) is 0 Å². The van der Waals surface area contributed by atoms with Crippen LogP contribution >= 0.6 is 11.8 Å². The van der Waals surface area contributed by atoms with E-state index in [9.17, 15) is 13.6 Å². The van der Waals surface area contributed by atoms with Crippen molar-refractivity contribution < 1.29 is 18.3 Å². The summed E-state index contributed by atoms with van der Waals surface area (Å²) in [5.74, 6) is 0.512. The van der Waals surface area contributed by atoms with E-state index in [1.165, 1.54) is 16.3 Å². The molecular weight excluding hydrogens is 474 g/mol. The molecule has 35 heavy (non-hydrogen) atoms. The van der Waals surface area contributed by atoms with Crippen molar-refractivity contribution in [2.75, 3.05) is 11.6 Å². The minimum absolute atomic E-state index is 0.0274. The molecule has 0 aliphatic heterocycles. The molecule has 2 aromatic heterocycles. The third-order valence-corrected chi connectivity index (χ3v) is 6.18. The number of nitrogens with one attached hydrogen (secondary N) is 2. The Morgan fingerprint density at radius 1 is 1.17 bits per heavy atom. The number of aromatic nitrogens is 4. The average molecular weight is 505 g/mol. The van der Waals surface area contributed by atoms with Crippen molar-refractivity contribution in [2.24, 2.45) is 0 Å². The highest BCUT2D eigenvalue weighted by atomic mass is 32.2. The van der Waals surface area contributed by atoms with Crippen LogP contribution in [0.4, 0.5) is 19.4 Å². The molecule has 1 aromatic carbocycles. The molecular formula is C24H30F2N6O2S. The van der Waals surface area contributed by atoms with E-state index >= 15 is 0 Å². The number of amides is 1. The fraction of sp³-hybridized carbons (Fsp3) is 0.500. The number of anilines is 1. The molecule has 0 saturated heterocycles. The van der Waals surface area contributed by atoms with Crippen LogP contribution in [0.2, 0.25) is 0 Å². The molecule has 11 heteroatoms. The molecule has 1 saturated carbocycles. The van der Waals surface area contributed by atoms with E-state index in [0.29, 0.717) is 34.2 Å². The second-order valence-corrected chi connectivity index (χ2v) is 10.3. The maximum absolute atomic E-state index is 13.9. The number of carbonyl (C=O) groups excluding carboxylic acids is 1. The van der Waals surface area contributed by atoms with Crippen LogP contribution in [-0.2, 0) is 4.74 Å². The van der Waals surface area contributed by atoms with Crippen molar-refractivity contribution in [1.29, 1.82) is 0 Å². The fourth-order valence-corrected chi connectivity index (χ4v) is 4.63. The summed E-state index contributed by atoms with van der Waals surface area (Å²) in [5, 5.41) is 6.84. The van der Waals surface area contributed by atoms with Crippen molar-refractivity contribution in [3.8, 4) is 5.82 Å². The molecule has 3 aromatic rings. The number of ether oxygens (including phenoxy) is 1. The van der Waals surface area contributed by atoms with E-state index in [1.807, 2.05) is 27.0 Å². The van der Waals surface area contributed by atoms with E-state index in [2.05, 4.69) is 25.6 Å². The minimum atomic E-state index is -2.76. The van der Waals surface area contributed by atoms with Gasteiger partial charge in [0.15, 0.2) is 11.0 Å². The molecule has 188 valence electrons. The highest BCUT2D eigenvalue weighted by Gasteiger charge is 2.27. The number of hydrogen-bond donors (Lipinski definition) is 2. The Kier molecular flexibility index (Phi) is 7.44. The molecule has 1 aliphatic carbocycles. The largest absolute Gasteiger partial charge is 0.444 e. The summed E-state index contributed by atoms with van der Waals surface area (Å²) in [6.07, 6.45) is 2.03. The van der Waals surface area contributed by atoms with Gasteiger partial charge in [0.25, 0.3) is 6.43 Å². The number of rotatable bonds is 6. The van der Waals surface area contributed by atoms with E-state index in [-0.39, 0.29) is 17.9 Å². The van der Waals surface area contributed by atoms with Crippen molar-refractivity contribution in [1.82, 2.24) is 24.8 Å². The lowest BCUT2D eigenvalue weighted by molar-refractivity contribution is 0.0492. The normalized spacial score (nSPS) is 18.6. The van der Waals surface area contributed by atoms with Gasteiger partial charge >= 0.3 is 6.09 Å². The third-order valence-electron chi connectivity index (χ3n) is 5.63. The monoisotopic (exact) mass is 504 g/mol. The summed E-state index contributed by atoms with van der Waals surface area (Å²) in [4.78, 5) is 25.4. The summed E-state index contributed by atoms with van der Waals surface area (Å²) in [6.45, 7) is 5.49. The van der Waals surface area contributed by atoms with Gasteiger partial charge in [0, 0.05) is 18.2 Å². The average Bonchev–Trinajstić information content (AvgIpc) is 3.18. The molecule has 0 spiro atoms. The van der Waals surface area contributed by atoms with Crippen LogP contribution in [-0.4, -0.2) is 49.6 Å². The van der Waals surface area contributed by atoms with Crippen LogP contribution in [0.1, 0.15) is 58.7 Å². The van der Waals surface area contributed by atoms with Gasteiger partial charge < -0.3 is 15.4 Å². The maximum atomic E-state index is 13.9. The van der Waals surface area contributed by atoms with Gasteiger partial charge in [-0.15, -0.1) is 0 Å². The lowest BCUT2D eigenvalue weighted by atomic mass is 9.91. The summed E-state index contributed by atoms with van der Waals surface area (Å²) >= 11 is 1.33. The SMILES string of the molecule is CSc1nc(N[C@H]2CCC[C@@H](NC(=O)OC(C)(C)C)C2)cc(-n2c(C(F)F)nc3ccccc32)n1. The predicted molar refractivity (Wildman–Crippen MR) is 132 cm³/mol. The summed E-state index contributed by atoms with van der Waals surface area (Å²) in [5.41, 5.74) is 0.472. The van der Waals surface area contributed by atoms with Crippen LogP contribution < -0.4 is 10.6 Å². The van der Waals surface area contributed by atoms with Crippen LogP contribution in [0.15, 0.2) is 35.5 Å². The molecule has 8 nitrogen and oxygen atoms in total. The predicted octanol–water partition coefficient (Wildman–Crippen LogP) is 5.72. The highest BCUT2D eigenvalue weighted by Crippen LogP contribution is 2.30. The minimum Gasteiger partial charge on any atom is -0.444 e. The Morgan fingerprint density at radius 3 is 2.63 bits per heavy atom. The van der Waals surface area contributed by atoms with E-state index < -0.39 is 18.1 Å². The van der Waals surface area contributed by atoms with Gasteiger partial charge in [-0.05, 0) is 64.8 Å². The number of benzene rings is 1. The number of hydrogen-bond acceptors (Lipinski definition) is 7. The van der Waals surface area contributed by atoms with E-state index in [1.54, 1.807) is 30.3 Å². The highest BCUT2D eigenvalue weighted by molar-refractivity contribution is 7.98.